The maximum Gasteiger partial charge on any atom is 0.263 e. The standard InChI is InChI=1S/C44H57ClN2O5/c1-4-5-6-7-8-9-10-11-12-13-14-15-16-17-18-19-20-21-22-23-41(49)46-34-32-39(48)33-35-47-43(51)44(2,3)52-40-30-26-37(27-31-40)42(50)36-24-28-38(45)29-25-36/h5-6,8-9,11-12,14-15,17-18,20-21,24-31,39,48H,4,7,10,13,16,19,22-23,32-35H2,1-3H3,(H,46,49)(H,47,51). The highest BCUT2D eigenvalue weighted by Gasteiger charge is 2.29. The summed E-state index contributed by atoms with van der Waals surface area (Å²) in [7, 11) is 0. The van der Waals surface area contributed by atoms with E-state index in [-0.39, 0.29) is 24.1 Å². The summed E-state index contributed by atoms with van der Waals surface area (Å²) in [6.45, 7) is 6.08. The van der Waals surface area contributed by atoms with Crippen molar-refractivity contribution in [2.75, 3.05) is 13.1 Å². The highest BCUT2D eigenvalue weighted by molar-refractivity contribution is 6.30. The number of nitrogens with one attached hydrogen (secondary N) is 2. The number of allylic oxidation sites excluding steroid dienone is 12. The molecule has 0 heterocycles. The molecule has 0 fully saturated rings. The van der Waals surface area contributed by atoms with Gasteiger partial charge in [0.2, 0.25) is 5.91 Å². The van der Waals surface area contributed by atoms with Gasteiger partial charge < -0.3 is 20.5 Å². The minimum absolute atomic E-state index is 0.0543. The van der Waals surface area contributed by atoms with E-state index >= 15 is 0 Å². The van der Waals surface area contributed by atoms with Crippen LogP contribution < -0.4 is 15.4 Å². The number of carbonyl (C=O) groups is 3. The fourth-order valence-electron chi connectivity index (χ4n) is 4.81. The second-order valence-corrected chi connectivity index (χ2v) is 13.2. The molecule has 0 aliphatic heterocycles. The Morgan fingerprint density at radius 2 is 1.13 bits per heavy atom. The Bertz CT molecular complexity index is 1520. The smallest absolute Gasteiger partial charge is 0.263 e. The van der Waals surface area contributed by atoms with Crippen molar-refractivity contribution in [2.45, 2.75) is 96.7 Å². The summed E-state index contributed by atoms with van der Waals surface area (Å²) in [4.78, 5) is 37.6. The molecule has 2 rings (SSSR count). The molecule has 8 heteroatoms. The lowest BCUT2D eigenvalue weighted by Crippen LogP contribution is -2.47. The maximum absolute atomic E-state index is 12.8. The molecule has 2 aromatic carbocycles. The molecule has 0 aromatic heterocycles. The number of rotatable bonds is 25. The predicted molar refractivity (Wildman–Crippen MR) is 215 cm³/mol. The minimum Gasteiger partial charge on any atom is -0.478 e. The zero-order chi connectivity index (χ0) is 37.9. The number of ether oxygens (including phenoxy) is 1. The fourth-order valence-corrected chi connectivity index (χ4v) is 4.94. The molecule has 0 saturated heterocycles. The van der Waals surface area contributed by atoms with E-state index < -0.39 is 11.7 Å². The molecule has 0 bridgehead atoms. The second kappa shape index (κ2) is 26.3. The van der Waals surface area contributed by atoms with Crippen LogP contribution in [0, 0.1) is 0 Å². The van der Waals surface area contributed by atoms with Crippen molar-refractivity contribution < 1.29 is 24.2 Å². The van der Waals surface area contributed by atoms with Crippen molar-refractivity contribution in [3.63, 3.8) is 0 Å². The van der Waals surface area contributed by atoms with Gasteiger partial charge in [-0.3, -0.25) is 14.4 Å². The highest BCUT2D eigenvalue weighted by Crippen LogP contribution is 2.21. The zero-order valence-electron chi connectivity index (χ0n) is 31.1. The first-order valence-corrected chi connectivity index (χ1v) is 18.7. The van der Waals surface area contributed by atoms with Gasteiger partial charge in [-0.05, 0) is 120 Å². The summed E-state index contributed by atoms with van der Waals surface area (Å²) < 4.78 is 5.90. The van der Waals surface area contributed by atoms with Gasteiger partial charge in [0.1, 0.15) is 5.75 Å². The van der Waals surface area contributed by atoms with E-state index in [9.17, 15) is 19.5 Å². The number of amides is 2. The lowest BCUT2D eigenvalue weighted by molar-refractivity contribution is -0.134. The molecule has 0 radical (unpaired) electrons. The van der Waals surface area contributed by atoms with Crippen LogP contribution in [0.4, 0.5) is 0 Å². The van der Waals surface area contributed by atoms with E-state index in [4.69, 9.17) is 16.3 Å². The molecular formula is C44H57ClN2O5. The number of benzene rings is 2. The molecule has 0 spiro atoms. The average molecular weight is 729 g/mol. The molecule has 3 N–H and O–H groups in total. The van der Waals surface area contributed by atoms with Gasteiger partial charge in [0.05, 0.1) is 6.10 Å². The third-order valence-electron chi connectivity index (χ3n) is 7.84. The minimum atomic E-state index is -1.18. The van der Waals surface area contributed by atoms with Crippen LogP contribution in [0.2, 0.25) is 5.02 Å². The molecule has 0 aliphatic carbocycles. The van der Waals surface area contributed by atoms with Gasteiger partial charge in [-0.1, -0.05) is 91.4 Å². The van der Waals surface area contributed by atoms with E-state index in [1.807, 2.05) is 6.08 Å². The molecule has 7 nitrogen and oxygen atoms in total. The quantitative estimate of drug-likeness (QED) is 0.0698. The molecule has 2 amide bonds. The van der Waals surface area contributed by atoms with Crippen LogP contribution in [-0.2, 0) is 9.59 Å². The van der Waals surface area contributed by atoms with Crippen molar-refractivity contribution in [1.29, 1.82) is 0 Å². The summed E-state index contributed by atoms with van der Waals surface area (Å²) in [6.07, 6.45) is 32.7. The Hall–Kier alpha value is -4.46. The van der Waals surface area contributed by atoms with E-state index in [1.54, 1.807) is 62.4 Å². The van der Waals surface area contributed by atoms with E-state index in [0.717, 1.165) is 38.5 Å². The lowest BCUT2D eigenvalue weighted by Gasteiger charge is -2.25. The van der Waals surface area contributed by atoms with Gasteiger partial charge in [-0.15, -0.1) is 0 Å². The largest absolute Gasteiger partial charge is 0.478 e. The molecule has 0 saturated carbocycles. The first kappa shape index (κ1) is 43.7. The van der Waals surface area contributed by atoms with E-state index in [2.05, 4.69) is 84.4 Å². The number of ketones is 1. The molecular weight excluding hydrogens is 672 g/mol. The third-order valence-corrected chi connectivity index (χ3v) is 8.09. The Labute approximate surface area is 316 Å². The number of hydrogen-bond acceptors (Lipinski definition) is 5. The average Bonchev–Trinajstić information content (AvgIpc) is 3.12. The van der Waals surface area contributed by atoms with Crippen molar-refractivity contribution in [3.05, 3.63) is 138 Å². The number of hydrogen-bond donors (Lipinski definition) is 3. The molecule has 0 aliphatic rings. The molecule has 1 atom stereocenters. The van der Waals surface area contributed by atoms with Gasteiger partial charge >= 0.3 is 0 Å². The maximum atomic E-state index is 12.8. The summed E-state index contributed by atoms with van der Waals surface area (Å²) >= 11 is 5.91. The highest BCUT2D eigenvalue weighted by atomic mass is 35.5. The Balaban J connectivity index is 1.51. The third kappa shape index (κ3) is 19.8. The first-order chi connectivity index (χ1) is 25.1. The Kier molecular flexibility index (Phi) is 22.1. The van der Waals surface area contributed by atoms with Gasteiger partial charge in [-0.2, -0.15) is 0 Å². The number of halogens is 1. The SMILES string of the molecule is CCC=CCC=CCC=CCC=CCC=CCC=CCCC(=O)NCCC(O)CCNC(=O)C(C)(C)Oc1ccc(C(=O)c2ccc(Cl)cc2)cc1. The van der Waals surface area contributed by atoms with Crippen LogP contribution in [0.5, 0.6) is 5.75 Å². The van der Waals surface area contributed by atoms with Crippen LogP contribution in [0.1, 0.15) is 101 Å². The van der Waals surface area contributed by atoms with Crippen molar-refractivity contribution in [3.8, 4) is 5.75 Å². The van der Waals surface area contributed by atoms with Crippen LogP contribution >= 0.6 is 11.6 Å². The van der Waals surface area contributed by atoms with Gasteiger partial charge in [0, 0.05) is 35.7 Å². The van der Waals surface area contributed by atoms with Crippen molar-refractivity contribution >= 4 is 29.2 Å². The first-order valence-electron chi connectivity index (χ1n) is 18.3. The van der Waals surface area contributed by atoms with E-state index in [0.29, 0.717) is 54.1 Å². The summed E-state index contributed by atoms with van der Waals surface area (Å²) in [5.41, 5.74) is -0.157. The van der Waals surface area contributed by atoms with Gasteiger partial charge in [0.25, 0.3) is 5.91 Å². The normalized spacial score (nSPS) is 12.9. The van der Waals surface area contributed by atoms with Crippen molar-refractivity contribution in [1.82, 2.24) is 10.6 Å². The predicted octanol–water partition coefficient (Wildman–Crippen LogP) is 9.58. The zero-order valence-corrected chi connectivity index (χ0v) is 31.8. The van der Waals surface area contributed by atoms with Crippen LogP contribution in [0.15, 0.2) is 121 Å². The number of aliphatic hydroxyl groups is 1. The van der Waals surface area contributed by atoms with Crippen LogP contribution in [0.3, 0.4) is 0 Å². The van der Waals surface area contributed by atoms with Crippen molar-refractivity contribution in [2.24, 2.45) is 0 Å². The van der Waals surface area contributed by atoms with Crippen LogP contribution in [-0.4, -0.2) is 47.5 Å². The monoisotopic (exact) mass is 728 g/mol. The number of aliphatic hydroxyl groups excluding tert-OH is 1. The molecule has 2 aromatic rings. The van der Waals surface area contributed by atoms with Crippen LogP contribution in [0.25, 0.3) is 0 Å². The van der Waals surface area contributed by atoms with E-state index in [1.165, 1.54) is 0 Å². The summed E-state index contributed by atoms with van der Waals surface area (Å²) in [5.74, 6) is -0.0753. The molecule has 280 valence electrons. The number of carbonyl (C=O) groups excluding carboxylic acids is 3. The Morgan fingerprint density at radius 1 is 0.692 bits per heavy atom. The summed E-state index contributed by atoms with van der Waals surface area (Å²) in [5, 5.41) is 16.5. The van der Waals surface area contributed by atoms with Gasteiger partial charge in [0.15, 0.2) is 11.4 Å². The molecule has 52 heavy (non-hydrogen) atoms. The Morgan fingerprint density at radius 3 is 1.63 bits per heavy atom. The van der Waals surface area contributed by atoms with Gasteiger partial charge in [-0.25, -0.2) is 0 Å². The lowest BCUT2D eigenvalue weighted by atomic mass is 10.0. The fraction of sp³-hybridized carbons (Fsp3) is 0.386. The summed E-state index contributed by atoms with van der Waals surface area (Å²) in [6, 6.07) is 13.3. The second-order valence-electron chi connectivity index (χ2n) is 12.8. The molecule has 1 unspecified atom stereocenters. The topological polar surface area (TPSA) is 105 Å².